The number of hydrogen-bond donors (Lipinski definition) is 1. The maximum absolute atomic E-state index is 11.2. The lowest BCUT2D eigenvalue weighted by Crippen LogP contribution is -2.16. The zero-order chi connectivity index (χ0) is 12.3. The van der Waals surface area contributed by atoms with Gasteiger partial charge >= 0.3 is 5.97 Å². The Bertz CT molecular complexity index is 491. The zero-order valence-electron chi connectivity index (χ0n) is 9.00. The van der Waals surface area contributed by atoms with Crippen molar-refractivity contribution in [1.82, 2.24) is 9.78 Å². The van der Waals surface area contributed by atoms with Crippen LogP contribution in [-0.2, 0) is 25.9 Å². The molecule has 0 spiro atoms. The Morgan fingerprint density at radius 1 is 1.62 bits per heavy atom. The number of hydrogen-bond acceptors (Lipinski definition) is 6. The lowest BCUT2D eigenvalue weighted by Gasteiger charge is -2.04. The van der Waals surface area contributed by atoms with Crippen molar-refractivity contribution in [2.75, 3.05) is 18.6 Å². The molecule has 0 saturated heterocycles. The fourth-order valence-corrected chi connectivity index (χ4v) is 1.84. The van der Waals surface area contributed by atoms with Crippen molar-refractivity contribution in [1.29, 1.82) is 0 Å². The number of carbonyl (C=O) groups is 1. The minimum Gasteiger partial charge on any atom is -0.465 e. The van der Waals surface area contributed by atoms with Crippen LogP contribution in [0.2, 0.25) is 0 Å². The third kappa shape index (κ3) is 2.72. The molecule has 1 aromatic rings. The van der Waals surface area contributed by atoms with Gasteiger partial charge in [-0.3, -0.25) is 4.79 Å². The van der Waals surface area contributed by atoms with E-state index in [1.54, 1.807) is 6.92 Å². The zero-order valence-corrected chi connectivity index (χ0v) is 9.82. The van der Waals surface area contributed by atoms with Gasteiger partial charge in [-0.05, 0) is 6.92 Å². The molecule has 16 heavy (non-hydrogen) atoms. The molecule has 0 amide bonds. The van der Waals surface area contributed by atoms with Gasteiger partial charge in [0.25, 0.3) is 0 Å². The average molecular weight is 247 g/mol. The highest BCUT2D eigenvalue weighted by Gasteiger charge is 2.18. The van der Waals surface area contributed by atoms with Gasteiger partial charge in [0.2, 0.25) is 0 Å². The van der Waals surface area contributed by atoms with Crippen molar-refractivity contribution in [2.45, 2.75) is 18.4 Å². The van der Waals surface area contributed by atoms with Crippen LogP contribution in [0.3, 0.4) is 0 Å². The fourth-order valence-electron chi connectivity index (χ4n) is 1.12. The molecule has 0 radical (unpaired) electrons. The van der Waals surface area contributed by atoms with E-state index in [-0.39, 0.29) is 23.9 Å². The Morgan fingerprint density at radius 2 is 2.25 bits per heavy atom. The van der Waals surface area contributed by atoms with E-state index in [1.165, 1.54) is 0 Å². The van der Waals surface area contributed by atoms with Crippen LogP contribution < -0.4 is 5.73 Å². The maximum Gasteiger partial charge on any atom is 0.327 e. The van der Waals surface area contributed by atoms with E-state index in [2.05, 4.69) is 5.10 Å². The monoisotopic (exact) mass is 247 g/mol. The van der Waals surface area contributed by atoms with Gasteiger partial charge in [-0.1, -0.05) is 0 Å². The number of esters is 1. The number of nitrogens with two attached hydrogens (primary N) is 1. The summed E-state index contributed by atoms with van der Waals surface area (Å²) >= 11 is 0. The van der Waals surface area contributed by atoms with Crippen molar-refractivity contribution in [3.8, 4) is 0 Å². The van der Waals surface area contributed by atoms with E-state index >= 15 is 0 Å². The quantitative estimate of drug-likeness (QED) is 0.714. The molecule has 2 N–H and O–H groups in total. The van der Waals surface area contributed by atoms with E-state index in [0.717, 1.165) is 17.1 Å². The van der Waals surface area contributed by atoms with Gasteiger partial charge in [-0.25, -0.2) is 13.1 Å². The number of nitrogen functional groups attached to an aromatic ring is 1. The second kappa shape index (κ2) is 4.52. The first-order valence-electron chi connectivity index (χ1n) is 4.53. The van der Waals surface area contributed by atoms with Gasteiger partial charge in [-0.2, -0.15) is 5.10 Å². The van der Waals surface area contributed by atoms with Gasteiger partial charge in [0.1, 0.15) is 17.3 Å². The molecular weight excluding hydrogens is 234 g/mol. The first-order valence-corrected chi connectivity index (χ1v) is 6.42. The van der Waals surface area contributed by atoms with Crippen LogP contribution in [0.5, 0.6) is 0 Å². The topological polar surface area (TPSA) is 104 Å². The molecule has 0 bridgehead atoms. The molecule has 1 heterocycles. The summed E-state index contributed by atoms with van der Waals surface area (Å²) in [6, 6.07) is 0. The molecule has 90 valence electrons. The smallest absolute Gasteiger partial charge is 0.327 e. The first-order chi connectivity index (χ1) is 7.36. The van der Waals surface area contributed by atoms with Crippen molar-refractivity contribution in [3.63, 3.8) is 0 Å². The van der Waals surface area contributed by atoms with E-state index in [4.69, 9.17) is 10.5 Å². The van der Waals surface area contributed by atoms with E-state index in [1.807, 2.05) is 0 Å². The summed E-state index contributed by atoms with van der Waals surface area (Å²) in [5.41, 5.74) is 5.55. The van der Waals surface area contributed by atoms with Gasteiger partial charge in [0.05, 0.1) is 12.8 Å². The predicted octanol–water partition coefficient (Wildman–Crippen LogP) is -0.568. The van der Waals surface area contributed by atoms with Crippen LogP contribution >= 0.6 is 0 Å². The molecule has 0 fully saturated rings. The Kier molecular flexibility index (Phi) is 3.53. The normalized spacial score (nSPS) is 11.4. The molecule has 0 unspecified atom stereocenters. The van der Waals surface area contributed by atoms with E-state index < -0.39 is 15.8 Å². The van der Waals surface area contributed by atoms with Gasteiger partial charge in [0, 0.05) is 6.26 Å². The summed E-state index contributed by atoms with van der Waals surface area (Å²) in [4.78, 5) is 11.0. The summed E-state index contributed by atoms with van der Waals surface area (Å²) in [6.07, 6.45) is 2.14. The van der Waals surface area contributed by atoms with Crippen molar-refractivity contribution < 1.29 is 17.9 Å². The van der Waals surface area contributed by atoms with Crippen molar-refractivity contribution in [2.24, 2.45) is 0 Å². The largest absolute Gasteiger partial charge is 0.465 e. The van der Waals surface area contributed by atoms with Crippen molar-refractivity contribution in [3.05, 3.63) is 6.20 Å². The number of sulfone groups is 1. The maximum atomic E-state index is 11.2. The number of ether oxygens (including phenoxy) is 1. The molecule has 0 aliphatic rings. The van der Waals surface area contributed by atoms with E-state index in [9.17, 15) is 13.2 Å². The Balaban J connectivity index is 2.93. The van der Waals surface area contributed by atoms with Crippen LogP contribution in [0.25, 0.3) is 0 Å². The number of nitrogens with zero attached hydrogens (tertiary/aromatic N) is 2. The highest BCUT2D eigenvalue weighted by atomic mass is 32.2. The summed E-state index contributed by atoms with van der Waals surface area (Å²) in [5, 5.41) is 3.72. The average Bonchev–Trinajstić information content (AvgIpc) is 2.47. The molecule has 8 heteroatoms. The number of carbonyl (C=O) groups excluding carboxylic acids is 1. The minimum atomic E-state index is -3.42. The van der Waals surface area contributed by atoms with E-state index in [0.29, 0.717) is 0 Å². The summed E-state index contributed by atoms with van der Waals surface area (Å²) in [6.45, 7) is 1.72. The second-order valence-corrected chi connectivity index (χ2v) is 5.11. The third-order valence-electron chi connectivity index (χ3n) is 1.83. The SMILES string of the molecule is CCOC(=O)Cn1ncc(S(C)(=O)=O)c1N. The molecule has 0 saturated carbocycles. The Hall–Kier alpha value is -1.57. The molecule has 0 aromatic carbocycles. The van der Waals surface area contributed by atoms with Crippen LogP contribution in [0.4, 0.5) is 5.82 Å². The molecule has 0 aliphatic carbocycles. The molecule has 0 atom stereocenters. The summed E-state index contributed by atoms with van der Waals surface area (Å²) < 4.78 is 28.2. The molecule has 1 rings (SSSR count). The highest BCUT2D eigenvalue weighted by Crippen LogP contribution is 2.16. The Labute approximate surface area is 93.1 Å². The van der Waals surface area contributed by atoms with Gasteiger partial charge in [-0.15, -0.1) is 0 Å². The molecule has 7 nitrogen and oxygen atoms in total. The summed E-state index contributed by atoms with van der Waals surface area (Å²) in [7, 11) is -3.42. The standard InChI is InChI=1S/C8H13N3O4S/c1-3-15-7(12)5-11-8(9)6(4-10-11)16(2,13)14/h4H,3,5,9H2,1-2H3. The fraction of sp³-hybridized carbons (Fsp3) is 0.500. The minimum absolute atomic E-state index is 0.0597. The number of anilines is 1. The number of aromatic nitrogens is 2. The second-order valence-electron chi connectivity index (χ2n) is 3.13. The van der Waals surface area contributed by atoms with Crippen LogP contribution in [0.1, 0.15) is 6.92 Å². The highest BCUT2D eigenvalue weighted by molar-refractivity contribution is 7.90. The molecule has 0 aliphatic heterocycles. The van der Waals surface area contributed by atoms with Crippen LogP contribution in [0.15, 0.2) is 11.1 Å². The van der Waals surface area contributed by atoms with Crippen molar-refractivity contribution >= 4 is 21.6 Å². The lowest BCUT2D eigenvalue weighted by molar-refractivity contribution is -0.144. The third-order valence-corrected chi connectivity index (χ3v) is 2.94. The lowest BCUT2D eigenvalue weighted by atomic mass is 10.6. The van der Waals surface area contributed by atoms with Crippen LogP contribution in [0, 0.1) is 0 Å². The summed E-state index contributed by atoms with van der Waals surface area (Å²) in [5.74, 6) is -0.576. The molecular formula is C8H13N3O4S. The van der Waals surface area contributed by atoms with Gasteiger partial charge in [0.15, 0.2) is 9.84 Å². The van der Waals surface area contributed by atoms with Crippen LogP contribution in [-0.4, -0.2) is 37.0 Å². The Morgan fingerprint density at radius 3 is 2.69 bits per heavy atom. The number of rotatable bonds is 4. The van der Waals surface area contributed by atoms with Gasteiger partial charge < -0.3 is 10.5 Å². The molecule has 1 aromatic heterocycles. The predicted molar refractivity (Wildman–Crippen MR) is 56.4 cm³/mol. The first kappa shape index (κ1) is 12.5.